The first-order chi connectivity index (χ1) is 6.27. The second-order valence-electron chi connectivity index (χ2n) is 3.82. The quantitative estimate of drug-likeness (QED) is 0.698. The topological polar surface area (TPSA) is 12.0 Å². The SMILES string of the molecule is C[C@@H]1CN[C@H](c2ccccc2F)C1. The lowest BCUT2D eigenvalue weighted by atomic mass is 10.0. The van der Waals surface area contributed by atoms with Crippen molar-refractivity contribution in [3.05, 3.63) is 35.6 Å². The summed E-state index contributed by atoms with van der Waals surface area (Å²) in [6, 6.07) is 7.24. The number of hydrogen-bond donors (Lipinski definition) is 1. The summed E-state index contributed by atoms with van der Waals surface area (Å²) in [6.45, 7) is 3.19. The largest absolute Gasteiger partial charge is 0.310 e. The molecule has 0 saturated carbocycles. The van der Waals surface area contributed by atoms with Gasteiger partial charge in [0.1, 0.15) is 5.82 Å². The third-order valence-corrected chi connectivity index (χ3v) is 2.63. The van der Waals surface area contributed by atoms with E-state index in [9.17, 15) is 4.39 Å². The van der Waals surface area contributed by atoms with Gasteiger partial charge >= 0.3 is 0 Å². The van der Waals surface area contributed by atoms with E-state index in [1.165, 1.54) is 6.07 Å². The Morgan fingerprint density at radius 1 is 1.38 bits per heavy atom. The first kappa shape index (κ1) is 8.70. The molecule has 0 aliphatic carbocycles. The lowest BCUT2D eigenvalue weighted by Gasteiger charge is -2.10. The van der Waals surface area contributed by atoms with Crippen LogP contribution in [0.4, 0.5) is 4.39 Å². The molecule has 1 aromatic carbocycles. The van der Waals surface area contributed by atoms with E-state index in [1.807, 2.05) is 12.1 Å². The summed E-state index contributed by atoms with van der Waals surface area (Å²) in [5.74, 6) is 0.568. The van der Waals surface area contributed by atoms with Crippen molar-refractivity contribution in [3.63, 3.8) is 0 Å². The van der Waals surface area contributed by atoms with E-state index >= 15 is 0 Å². The number of hydrogen-bond acceptors (Lipinski definition) is 1. The van der Waals surface area contributed by atoms with E-state index in [1.54, 1.807) is 6.07 Å². The molecule has 1 aliphatic heterocycles. The van der Waals surface area contributed by atoms with Crippen LogP contribution in [0.1, 0.15) is 24.9 Å². The van der Waals surface area contributed by atoms with Gasteiger partial charge < -0.3 is 5.32 Å². The lowest BCUT2D eigenvalue weighted by Crippen LogP contribution is -2.14. The van der Waals surface area contributed by atoms with Gasteiger partial charge in [-0.3, -0.25) is 0 Å². The first-order valence-electron chi connectivity index (χ1n) is 4.75. The molecule has 0 spiro atoms. The summed E-state index contributed by atoms with van der Waals surface area (Å²) in [5, 5.41) is 3.32. The van der Waals surface area contributed by atoms with Gasteiger partial charge in [0.15, 0.2) is 0 Å². The second-order valence-corrected chi connectivity index (χ2v) is 3.82. The molecule has 0 unspecified atom stereocenters. The van der Waals surface area contributed by atoms with Gasteiger partial charge in [0.25, 0.3) is 0 Å². The fourth-order valence-electron chi connectivity index (χ4n) is 1.91. The summed E-state index contributed by atoms with van der Waals surface area (Å²) < 4.78 is 13.3. The van der Waals surface area contributed by atoms with E-state index < -0.39 is 0 Å². The van der Waals surface area contributed by atoms with Crippen molar-refractivity contribution in [1.82, 2.24) is 5.32 Å². The van der Waals surface area contributed by atoms with E-state index in [2.05, 4.69) is 12.2 Å². The van der Waals surface area contributed by atoms with Gasteiger partial charge in [-0.25, -0.2) is 4.39 Å². The summed E-state index contributed by atoms with van der Waals surface area (Å²) >= 11 is 0. The molecule has 1 saturated heterocycles. The molecule has 1 nitrogen and oxygen atoms in total. The molecule has 70 valence electrons. The monoisotopic (exact) mass is 179 g/mol. The average Bonchev–Trinajstić information content (AvgIpc) is 2.53. The highest BCUT2D eigenvalue weighted by atomic mass is 19.1. The molecule has 1 aromatic rings. The lowest BCUT2D eigenvalue weighted by molar-refractivity contribution is 0.550. The second kappa shape index (κ2) is 3.46. The highest BCUT2D eigenvalue weighted by molar-refractivity contribution is 5.22. The molecule has 2 rings (SSSR count). The van der Waals surface area contributed by atoms with Crippen molar-refractivity contribution in [3.8, 4) is 0 Å². The predicted octanol–water partition coefficient (Wildman–Crippen LogP) is 2.50. The van der Waals surface area contributed by atoms with Crippen molar-refractivity contribution in [2.24, 2.45) is 5.92 Å². The Kier molecular flexibility index (Phi) is 2.32. The van der Waals surface area contributed by atoms with Gasteiger partial charge in [0, 0.05) is 11.6 Å². The molecule has 0 radical (unpaired) electrons. The normalized spacial score (nSPS) is 27.8. The molecule has 1 heterocycles. The highest BCUT2D eigenvalue weighted by Gasteiger charge is 2.23. The molecule has 1 aliphatic rings. The van der Waals surface area contributed by atoms with Crippen LogP contribution in [0.3, 0.4) is 0 Å². The summed E-state index contributed by atoms with van der Waals surface area (Å²) in [6.07, 6.45) is 1.04. The molecule has 0 aromatic heterocycles. The maximum absolute atomic E-state index is 13.3. The van der Waals surface area contributed by atoms with Crippen LogP contribution in [0, 0.1) is 11.7 Å². The predicted molar refractivity (Wildman–Crippen MR) is 50.9 cm³/mol. The molecule has 0 bridgehead atoms. The Labute approximate surface area is 78.0 Å². The van der Waals surface area contributed by atoms with Gasteiger partial charge in [-0.05, 0) is 24.9 Å². The third-order valence-electron chi connectivity index (χ3n) is 2.63. The Bertz CT molecular complexity index is 298. The molecule has 1 fully saturated rings. The van der Waals surface area contributed by atoms with Crippen LogP contribution in [0.25, 0.3) is 0 Å². The van der Waals surface area contributed by atoms with Crippen LogP contribution < -0.4 is 5.32 Å². The standard InChI is InChI=1S/C11H14FN/c1-8-6-11(13-7-8)9-4-2-3-5-10(9)12/h2-5,8,11,13H,6-7H2,1H3/t8-,11-/m0/s1. The van der Waals surface area contributed by atoms with E-state index in [0.29, 0.717) is 5.92 Å². The van der Waals surface area contributed by atoms with Crippen LogP contribution in [0.2, 0.25) is 0 Å². The minimum atomic E-state index is -0.0888. The maximum atomic E-state index is 13.3. The summed E-state index contributed by atoms with van der Waals surface area (Å²) in [5.41, 5.74) is 0.812. The molecule has 2 heteroatoms. The van der Waals surface area contributed by atoms with Gasteiger partial charge in [0.2, 0.25) is 0 Å². The first-order valence-corrected chi connectivity index (χ1v) is 4.75. The molecular formula is C11H14FN. The zero-order valence-electron chi connectivity index (χ0n) is 7.76. The van der Waals surface area contributed by atoms with Crippen molar-refractivity contribution < 1.29 is 4.39 Å². The van der Waals surface area contributed by atoms with E-state index in [4.69, 9.17) is 0 Å². The van der Waals surface area contributed by atoms with Crippen LogP contribution >= 0.6 is 0 Å². The molecular weight excluding hydrogens is 165 g/mol. The Balaban J connectivity index is 2.21. The van der Waals surface area contributed by atoms with Crippen LogP contribution in [-0.2, 0) is 0 Å². The van der Waals surface area contributed by atoms with Crippen LogP contribution in [-0.4, -0.2) is 6.54 Å². The van der Waals surface area contributed by atoms with E-state index in [0.717, 1.165) is 18.5 Å². The van der Waals surface area contributed by atoms with Crippen LogP contribution in [0.5, 0.6) is 0 Å². The number of nitrogens with one attached hydrogen (secondary N) is 1. The Morgan fingerprint density at radius 2 is 2.15 bits per heavy atom. The molecule has 1 N–H and O–H groups in total. The zero-order valence-corrected chi connectivity index (χ0v) is 7.76. The Morgan fingerprint density at radius 3 is 2.77 bits per heavy atom. The average molecular weight is 179 g/mol. The van der Waals surface area contributed by atoms with Crippen molar-refractivity contribution in [2.45, 2.75) is 19.4 Å². The minimum absolute atomic E-state index is 0.0888. The summed E-state index contributed by atoms with van der Waals surface area (Å²) in [7, 11) is 0. The van der Waals surface area contributed by atoms with Crippen molar-refractivity contribution in [1.29, 1.82) is 0 Å². The highest BCUT2D eigenvalue weighted by Crippen LogP contribution is 2.27. The fraction of sp³-hybridized carbons (Fsp3) is 0.455. The van der Waals surface area contributed by atoms with Crippen LogP contribution in [0.15, 0.2) is 24.3 Å². The molecule has 0 amide bonds. The molecule has 13 heavy (non-hydrogen) atoms. The Hall–Kier alpha value is -0.890. The number of halogens is 1. The summed E-state index contributed by atoms with van der Waals surface area (Å²) in [4.78, 5) is 0. The molecule has 2 atom stereocenters. The van der Waals surface area contributed by atoms with Crippen molar-refractivity contribution >= 4 is 0 Å². The maximum Gasteiger partial charge on any atom is 0.127 e. The van der Waals surface area contributed by atoms with Gasteiger partial charge in [0.05, 0.1) is 0 Å². The number of benzene rings is 1. The smallest absolute Gasteiger partial charge is 0.127 e. The zero-order chi connectivity index (χ0) is 9.26. The van der Waals surface area contributed by atoms with Gasteiger partial charge in [-0.1, -0.05) is 25.1 Å². The van der Waals surface area contributed by atoms with Gasteiger partial charge in [-0.2, -0.15) is 0 Å². The van der Waals surface area contributed by atoms with Gasteiger partial charge in [-0.15, -0.1) is 0 Å². The van der Waals surface area contributed by atoms with Crippen molar-refractivity contribution in [2.75, 3.05) is 6.54 Å². The third kappa shape index (κ3) is 1.73. The van der Waals surface area contributed by atoms with E-state index in [-0.39, 0.29) is 11.9 Å². The fourth-order valence-corrected chi connectivity index (χ4v) is 1.91. The number of rotatable bonds is 1. The minimum Gasteiger partial charge on any atom is -0.310 e.